The first-order valence-electron chi connectivity index (χ1n) is 5.37. The first kappa shape index (κ1) is 10.4. The van der Waals surface area contributed by atoms with Crippen molar-refractivity contribution >= 4 is 0 Å². The zero-order valence-electron chi connectivity index (χ0n) is 9.60. The minimum atomic E-state index is 0.259. The van der Waals surface area contributed by atoms with Gasteiger partial charge in [0, 0.05) is 24.8 Å². The topological polar surface area (TPSA) is 25.4 Å². The maximum atomic E-state index is 5.77. The summed E-state index contributed by atoms with van der Waals surface area (Å²) in [4.78, 5) is 6.44. The lowest BCUT2D eigenvalue weighted by molar-refractivity contribution is -0.0351. The van der Waals surface area contributed by atoms with Crippen LogP contribution < -0.4 is 4.74 Å². The van der Waals surface area contributed by atoms with Gasteiger partial charge >= 0.3 is 0 Å². The SMILES string of the molecule is CC(C)(C)N1CC(Oc2cccnc2)C1. The lowest BCUT2D eigenvalue weighted by Gasteiger charge is -2.47. The van der Waals surface area contributed by atoms with Crippen molar-refractivity contribution < 1.29 is 4.74 Å². The van der Waals surface area contributed by atoms with Crippen molar-refractivity contribution in [2.75, 3.05) is 13.1 Å². The van der Waals surface area contributed by atoms with Crippen LogP contribution in [-0.4, -0.2) is 34.6 Å². The first-order valence-corrected chi connectivity index (χ1v) is 5.37. The van der Waals surface area contributed by atoms with Crippen LogP contribution in [0.25, 0.3) is 0 Å². The second kappa shape index (κ2) is 3.81. The molecule has 1 fully saturated rings. The molecule has 0 aromatic carbocycles. The van der Waals surface area contributed by atoms with Gasteiger partial charge < -0.3 is 4.74 Å². The van der Waals surface area contributed by atoms with E-state index in [2.05, 4.69) is 30.7 Å². The molecule has 0 unspecified atom stereocenters. The second-order valence-corrected chi connectivity index (χ2v) is 5.00. The van der Waals surface area contributed by atoms with Crippen molar-refractivity contribution in [3.63, 3.8) is 0 Å². The molecule has 0 amide bonds. The molecule has 0 bridgehead atoms. The fraction of sp³-hybridized carbons (Fsp3) is 0.583. The molecule has 0 atom stereocenters. The molecule has 15 heavy (non-hydrogen) atoms. The van der Waals surface area contributed by atoms with Crippen LogP contribution in [0.15, 0.2) is 24.5 Å². The number of likely N-dealkylation sites (tertiary alicyclic amines) is 1. The van der Waals surface area contributed by atoms with E-state index in [1.54, 1.807) is 12.4 Å². The van der Waals surface area contributed by atoms with Gasteiger partial charge in [0.25, 0.3) is 0 Å². The predicted molar refractivity (Wildman–Crippen MR) is 60.0 cm³/mol. The molecule has 0 aliphatic carbocycles. The van der Waals surface area contributed by atoms with Crippen LogP contribution >= 0.6 is 0 Å². The summed E-state index contributed by atoms with van der Waals surface area (Å²) in [5.41, 5.74) is 0.259. The summed E-state index contributed by atoms with van der Waals surface area (Å²) in [7, 11) is 0. The minimum absolute atomic E-state index is 0.259. The van der Waals surface area contributed by atoms with E-state index in [1.165, 1.54) is 0 Å². The molecule has 3 nitrogen and oxygen atoms in total. The Morgan fingerprint density at radius 1 is 1.40 bits per heavy atom. The van der Waals surface area contributed by atoms with Gasteiger partial charge in [-0.2, -0.15) is 0 Å². The van der Waals surface area contributed by atoms with Crippen LogP contribution in [0.3, 0.4) is 0 Å². The Hall–Kier alpha value is -1.09. The quantitative estimate of drug-likeness (QED) is 0.739. The average Bonchev–Trinajstić information content (AvgIpc) is 2.10. The van der Waals surface area contributed by atoms with E-state index >= 15 is 0 Å². The number of aromatic nitrogens is 1. The molecule has 1 saturated heterocycles. The normalized spacial score (nSPS) is 18.6. The van der Waals surface area contributed by atoms with Crippen molar-refractivity contribution in [3.8, 4) is 5.75 Å². The third kappa shape index (κ3) is 2.48. The highest BCUT2D eigenvalue weighted by Gasteiger charge is 2.35. The number of pyridine rings is 1. The zero-order valence-corrected chi connectivity index (χ0v) is 9.60. The number of nitrogens with zero attached hydrogens (tertiary/aromatic N) is 2. The van der Waals surface area contributed by atoms with Crippen molar-refractivity contribution in [1.29, 1.82) is 0 Å². The number of hydrogen-bond acceptors (Lipinski definition) is 3. The van der Waals surface area contributed by atoms with Crippen LogP contribution in [0.1, 0.15) is 20.8 Å². The molecule has 1 aliphatic heterocycles. The molecule has 1 aliphatic rings. The van der Waals surface area contributed by atoms with Crippen molar-refractivity contribution in [2.24, 2.45) is 0 Å². The molecular formula is C12H18N2O. The van der Waals surface area contributed by atoms with Crippen LogP contribution in [0, 0.1) is 0 Å². The van der Waals surface area contributed by atoms with Gasteiger partial charge in [-0.25, -0.2) is 0 Å². The molecule has 0 saturated carbocycles. The molecule has 0 radical (unpaired) electrons. The first-order chi connectivity index (χ1) is 7.05. The summed E-state index contributed by atoms with van der Waals surface area (Å²) in [5.74, 6) is 0.871. The molecular weight excluding hydrogens is 188 g/mol. The summed E-state index contributed by atoms with van der Waals surface area (Å²) in [6.07, 6.45) is 3.85. The Labute approximate surface area is 91.1 Å². The number of hydrogen-bond donors (Lipinski definition) is 0. The fourth-order valence-electron chi connectivity index (χ4n) is 1.67. The van der Waals surface area contributed by atoms with Gasteiger partial charge in [0.1, 0.15) is 11.9 Å². The molecule has 2 rings (SSSR count). The van der Waals surface area contributed by atoms with Crippen LogP contribution in [0.2, 0.25) is 0 Å². The number of ether oxygens (including phenoxy) is 1. The highest BCUT2D eigenvalue weighted by Crippen LogP contribution is 2.24. The Morgan fingerprint density at radius 2 is 2.13 bits per heavy atom. The highest BCUT2D eigenvalue weighted by molar-refractivity contribution is 5.16. The smallest absolute Gasteiger partial charge is 0.138 e. The zero-order chi connectivity index (χ0) is 10.9. The van der Waals surface area contributed by atoms with Gasteiger partial charge in [0.15, 0.2) is 0 Å². The van der Waals surface area contributed by atoms with Crippen molar-refractivity contribution in [1.82, 2.24) is 9.88 Å². The molecule has 82 valence electrons. The fourth-order valence-corrected chi connectivity index (χ4v) is 1.67. The molecule has 2 heterocycles. The predicted octanol–water partition coefficient (Wildman–Crippen LogP) is 1.94. The molecule has 1 aromatic heterocycles. The highest BCUT2D eigenvalue weighted by atomic mass is 16.5. The van der Waals surface area contributed by atoms with E-state index in [0.29, 0.717) is 6.10 Å². The summed E-state index contributed by atoms with van der Waals surface area (Å²) >= 11 is 0. The van der Waals surface area contributed by atoms with Crippen LogP contribution in [-0.2, 0) is 0 Å². The van der Waals surface area contributed by atoms with E-state index in [0.717, 1.165) is 18.8 Å². The third-order valence-corrected chi connectivity index (χ3v) is 2.73. The van der Waals surface area contributed by atoms with Gasteiger partial charge in [0.05, 0.1) is 6.20 Å². The van der Waals surface area contributed by atoms with Gasteiger partial charge in [-0.05, 0) is 32.9 Å². The molecule has 3 heteroatoms. The minimum Gasteiger partial charge on any atom is -0.486 e. The molecule has 0 N–H and O–H groups in total. The largest absolute Gasteiger partial charge is 0.486 e. The lowest BCUT2D eigenvalue weighted by atomic mass is 9.99. The van der Waals surface area contributed by atoms with Crippen molar-refractivity contribution in [3.05, 3.63) is 24.5 Å². The summed E-state index contributed by atoms with van der Waals surface area (Å²) in [6.45, 7) is 8.71. The maximum Gasteiger partial charge on any atom is 0.138 e. The van der Waals surface area contributed by atoms with Crippen LogP contribution in [0.4, 0.5) is 0 Å². The summed E-state index contributed by atoms with van der Waals surface area (Å²) in [6, 6.07) is 3.85. The van der Waals surface area contributed by atoms with Gasteiger partial charge in [-0.15, -0.1) is 0 Å². The monoisotopic (exact) mass is 206 g/mol. The van der Waals surface area contributed by atoms with Crippen molar-refractivity contribution in [2.45, 2.75) is 32.4 Å². The van der Waals surface area contributed by atoms with E-state index in [1.807, 2.05) is 12.1 Å². The number of rotatable bonds is 2. The van der Waals surface area contributed by atoms with E-state index in [-0.39, 0.29) is 5.54 Å². The summed E-state index contributed by atoms with van der Waals surface area (Å²) in [5, 5.41) is 0. The van der Waals surface area contributed by atoms with E-state index in [4.69, 9.17) is 4.74 Å². The molecule has 1 aromatic rings. The second-order valence-electron chi connectivity index (χ2n) is 5.00. The van der Waals surface area contributed by atoms with Gasteiger partial charge in [-0.3, -0.25) is 9.88 Å². The standard InChI is InChI=1S/C12H18N2O/c1-12(2,3)14-8-11(9-14)15-10-5-4-6-13-7-10/h4-7,11H,8-9H2,1-3H3. The lowest BCUT2D eigenvalue weighted by Crippen LogP contribution is -2.60. The summed E-state index contributed by atoms with van der Waals surface area (Å²) < 4.78 is 5.77. The third-order valence-electron chi connectivity index (χ3n) is 2.73. The van der Waals surface area contributed by atoms with Crippen LogP contribution in [0.5, 0.6) is 5.75 Å². The Balaban J connectivity index is 1.82. The Bertz CT molecular complexity index is 312. The maximum absolute atomic E-state index is 5.77. The molecule has 0 spiro atoms. The van der Waals surface area contributed by atoms with Gasteiger partial charge in [0.2, 0.25) is 0 Å². The average molecular weight is 206 g/mol. The van der Waals surface area contributed by atoms with E-state index in [9.17, 15) is 0 Å². The Morgan fingerprint density at radius 3 is 2.67 bits per heavy atom. The Kier molecular flexibility index (Phi) is 2.65. The van der Waals surface area contributed by atoms with E-state index < -0.39 is 0 Å². The van der Waals surface area contributed by atoms with Gasteiger partial charge in [-0.1, -0.05) is 0 Å².